The van der Waals surface area contributed by atoms with Gasteiger partial charge in [-0.2, -0.15) is 0 Å². The highest BCUT2D eigenvalue weighted by Crippen LogP contribution is 2.25. The Labute approximate surface area is 148 Å². The second-order valence-corrected chi connectivity index (χ2v) is 6.58. The van der Waals surface area contributed by atoms with Crippen LogP contribution < -0.4 is 15.4 Å². The molecule has 0 aliphatic carbocycles. The van der Waals surface area contributed by atoms with Gasteiger partial charge in [0.05, 0.1) is 6.04 Å². The molecule has 0 aromatic heterocycles. The quantitative estimate of drug-likeness (QED) is 0.857. The predicted octanol–water partition coefficient (Wildman–Crippen LogP) is 2.40. The van der Waals surface area contributed by atoms with Crippen LogP contribution in [-0.4, -0.2) is 42.3 Å². The Kier molecular flexibility index (Phi) is 5.24. The summed E-state index contributed by atoms with van der Waals surface area (Å²) >= 11 is 0. The van der Waals surface area contributed by atoms with Crippen molar-refractivity contribution >= 4 is 11.9 Å². The summed E-state index contributed by atoms with van der Waals surface area (Å²) in [6.07, 6.45) is -2.45. The van der Waals surface area contributed by atoms with Gasteiger partial charge in [0, 0.05) is 26.1 Å². The summed E-state index contributed by atoms with van der Waals surface area (Å²) in [5.74, 6) is -0.00470. The van der Waals surface area contributed by atoms with Crippen LogP contribution in [0.25, 0.3) is 0 Å². The minimum absolute atomic E-state index is 0.00505. The van der Waals surface area contributed by atoms with Crippen LogP contribution in [0.4, 0.5) is 18.0 Å². The number of urea groups is 1. The predicted molar refractivity (Wildman–Crippen MR) is 86.2 cm³/mol. The average Bonchev–Trinajstić information content (AvgIpc) is 2.87. The standard InChI is InChI=1S/C17H20F3N3O3/c18-17(19,20)26-13-6-4-11(5-7-13)8-21-16(25)23-9-12-2-1-3-15(24)22-14(12)10-23/h4-7,12,14H,1-3,8-10H2,(H,21,25)(H,22,24)/t12-,14+/m1/s1. The highest BCUT2D eigenvalue weighted by atomic mass is 19.4. The van der Waals surface area contributed by atoms with Gasteiger partial charge in [0.2, 0.25) is 5.91 Å². The van der Waals surface area contributed by atoms with Gasteiger partial charge in [-0.05, 0) is 36.5 Å². The first-order chi connectivity index (χ1) is 12.3. The van der Waals surface area contributed by atoms with Crippen LogP contribution in [0.2, 0.25) is 0 Å². The molecule has 0 bridgehead atoms. The zero-order valence-electron chi connectivity index (χ0n) is 14.0. The Morgan fingerprint density at radius 2 is 2.00 bits per heavy atom. The van der Waals surface area contributed by atoms with Crippen LogP contribution in [-0.2, 0) is 11.3 Å². The third-order valence-electron chi connectivity index (χ3n) is 4.65. The number of alkyl halides is 3. The minimum atomic E-state index is -4.73. The molecule has 0 spiro atoms. The maximum absolute atomic E-state index is 12.3. The maximum atomic E-state index is 12.3. The zero-order chi connectivity index (χ0) is 18.7. The SMILES string of the molecule is O=C1CCC[C@@H]2CN(C(=O)NCc3ccc(OC(F)(F)F)cc3)C[C@@H]2N1. The van der Waals surface area contributed by atoms with Crippen molar-refractivity contribution < 1.29 is 27.5 Å². The average molecular weight is 371 g/mol. The van der Waals surface area contributed by atoms with Gasteiger partial charge in [0.15, 0.2) is 0 Å². The number of likely N-dealkylation sites (tertiary alicyclic amines) is 1. The van der Waals surface area contributed by atoms with Crippen molar-refractivity contribution in [1.82, 2.24) is 15.5 Å². The van der Waals surface area contributed by atoms with Gasteiger partial charge in [-0.3, -0.25) is 4.79 Å². The van der Waals surface area contributed by atoms with Crippen molar-refractivity contribution in [3.63, 3.8) is 0 Å². The second kappa shape index (κ2) is 7.43. The molecule has 1 aromatic carbocycles. The molecule has 2 aliphatic heterocycles. The van der Waals surface area contributed by atoms with E-state index in [2.05, 4.69) is 15.4 Å². The normalized spacial score (nSPS) is 23.0. The van der Waals surface area contributed by atoms with Crippen LogP contribution in [0.15, 0.2) is 24.3 Å². The molecule has 0 radical (unpaired) electrons. The van der Waals surface area contributed by atoms with E-state index in [9.17, 15) is 22.8 Å². The highest BCUT2D eigenvalue weighted by molar-refractivity contribution is 5.77. The first-order valence-corrected chi connectivity index (χ1v) is 8.47. The molecule has 0 saturated carbocycles. The number of halogens is 3. The van der Waals surface area contributed by atoms with Gasteiger partial charge in [-0.15, -0.1) is 13.2 Å². The van der Waals surface area contributed by atoms with E-state index in [0.717, 1.165) is 12.8 Å². The molecule has 3 rings (SSSR count). The van der Waals surface area contributed by atoms with Crippen molar-refractivity contribution in [1.29, 1.82) is 0 Å². The summed E-state index contributed by atoms with van der Waals surface area (Å²) in [7, 11) is 0. The van der Waals surface area contributed by atoms with E-state index < -0.39 is 6.36 Å². The molecule has 26 heavy (non-hydrogen) atoms. The maximum Gasteiger partial charge on any atom is 0.573 e. The highest BCUT2D eigenvalue weighted by Gasteiger charge is 2.37. The molecule has 1 aromatic rings. The van der Waals surface area contributed by atoms with Gasteiger partial charge in [-0.1, -0.05) is 12.1 Å². The number of benzene rings is 1. The lowest BCUT2D eigenvalue weighted by Gasteiger charge is -2.18. The van der Waals surface area contributed by atoms with E-state index in [4.69, 9.17) is 0 Å². The Balaban J connectivity index is 1.49. The molecule has 2 fully saturated rings. The van der Waals surface area contributed by atoms with Gasteiger partial charge in [0.1, 0.15) is 5.75 Å². The Morgan fingerprint density at radius 3 is 2.69 bits per heavy atom. The third kappa shape index (κ3) is 4.80. The molecule has 2 aliphatic rings. The number of hydrogen-bond donors (Lipinski definition) is 2. The fourth-order valence-electron chi connectivity index (χ4n) is 3.40. The monoisotopic (exact) mass is 371 g/mol. The molecule has 6 nitrogen and oxygen atoms in total. The third-order valence-corrected chi connectivity index (χ3v) is 4.65. The number of carbonyl (C=O) groups excluding carboxylic acids is 2. The first-order valence-electron chi connectivity index (χ1n) is 8.47. The molecular formula is C17H20F3N3O3. The molecule has 2 atom stereocenters. The van der Waals surface area contributed by atoms with Crippen molar-refractivity contribution in [2.75, 3.05) is 13.1 Å². The second-order valence-electron chi connectivity index (χ2n) is 6.58. The number of hydrogen-bond acceptors (Lipinski definition) is 3. The number of fused-ring (bicyclic) bond motifs is 1. The van der Waals surface area contributed by atoms with Gasteiger partial charge in [0.25, 0.3) is 0 Å². The largest absolute Gasteiger partial charge is 0.573 e. The van der Waals surface area contributed by atoms with Crippen LogP contribution in [0.5, 0.6) is 5.75 Å². The number of nitrogens with zero attached hydrogens (tertiary/aromatic N) is 1. The summed E-state index contributed by atoms with van der Waals surface area (Å²) in [6.45, 7) is 1.26. The van der Waals surface area contributed by atoms with Crippen LogP contribution in [0, 0.1) is 5.92 Å². The molecule has 2 saturated heterocycles. The van der Waals surface area contributed by atoms with Gasteiger partial charge < -0.3 is 20.3 Å². The fraction of sp³-hybridized carbons (Fsp3) is 0.529. The number of amides is 3. The van der Waals surface area contributed by atoms with Crippen LogP contribution >= 0.6 is 0 Å². The number of ether oxygens (including phenoxy) is 1. The number of rotatable bonds is 3. The Bertz CT molecular complexity index is 663. The molecule has 2 N–H and O–H groups in total. The smallest absolute Gasteiger partial charge is 0.406 e. The lowest BCUT2D eigenvalue weighted by molar-refractivity contribution is -0.274. The Morgan fingerprint density at radius 1 is 1.27 bits per heavy atom. The van der Waals surface area contributed by atoms with Crippen molar-refractivity contribution in [2.45, 2.75) is 38.2 Å². The molecule has 142 valence electrons. The lowest BCUT2D eigenvalue weighted by Crippen LogP contribution is -2.42. The van der Waals surface area contributed by atoms with Gasteiger partial charge in [-0.25, -0.2) is 4.79 Å². The Hall–Kier alpha value is -2.45. The topological polar surface area (TPSA) is 70.7 Å². The minimum Gasteiger partial charge on any atom is -0.406 e. The molecule has 9 heteroatoms. The molecule has 0 unspecified atom stereocenters. The number of carbonyl (C=O) groups is 2. The van der Waals surface area contributed by atoms with Crippen molar-refractivity contribution in [3.05, 3.63) is 29.8 Å². The van der Waals surface area contributed by atoms with E-state index in [0.29, 0.717) is 25.1 Å². The summed E-state index contributed by atoms with van der Waals surface area (Å²) in [5.41, 5.74) is 0.662. The molecular weight excluding hydrogens is 351 g/mol. The summed E-state index contributed by atoms with van der Waals surface area (Å²) in [4.78, 5) is 25.6. The van der Waals surface area contributed by atoms with E-state index >= 15 is 0 Å². The summed E-state index contributed by atoms with van der Waals surface area (Å²) < 4.78 is 40.2. The lowest BCUT2D eigenvalue weighted by atomic mass is 9.99. The zero-order valence-corrected chi connectivity index (χ0v) is 14.0. The van der Waals surface area contributed by atoms with Crippen LogP contribution in [0.1, 0.15) is 24.8 Å². The van der Waals surface area contributed by atoms with E-state index in [-0.39, 0.29) is 36.2 Å². The number of nitrogens with one attached hydrogen (secondary N) is 2. The van der Waals surface area contributed by atoms with Crippen LogP contribution in [0.3, 0.4) is 0 Å². The summed E-state index contributed by atoms with van der Waals surface area (Å²) in [6, 6.07) is 5.10. The van der Waals surface area contributed by atoms with E-state index in [1.54, 1.807) is 4.90 Å². The molecule has 2 heterocycles. The van der Waals surface area contributed by atoms with E-state index in [1.165, 1.54) is 24.3 Å². The van der Waals surface area contributed by atoms with Crippen molar-refractivity contribution in [2.24, 2.45) is 5.92 Å². The summed E-state index contributed by atoms with van der Waals surface area (Å²) in [5, 5.41) is 5.71. The van der Waals surface area contributed by atoms with E-state index in [1.807, 2.05) is 0 Å². The first kappa shape index (κ1) is 18.3. The molecule has 3 amide bonds. The van der Waals surface area contributed by atoms with Gasteiger partial charge >= 0.3 is 12.4 Å². The fourth-order valence-corrected chi connectivity index (χ4v) is 3.40. The van der Waals surface area contributed by atoms with Crippen molar-refractivity contribution in [3.8, 4) is 5.75 Å².